The molecule has 0 aliphatic carbocycles. The maximum Gasteiger partial charge on any atom is 0.357 e. The molecule has 0 aliphatic rings. The van der Waals surface area contributed by atoms with Crippen molar-refractivity contribution in [3.8, 4) is 11.5 Å². The maximum absolute atomic E-state index is 14.1. The number of nitro benzene ring substituents is 1. The van der Waals surface area contributed by atoms with E-state index in [1.807, 2.05) is 0 Å². The van der Waals surface area contributed by atoms with Gasteiger partial charge in [-0.15, -0.1) is 0 Å². The summed E-state index contributed by atoms with van der Waals surface area (Å²) in [7, 11) is -0.972. The van der Waals surface area contributed by atoms with E-state index in [2.05, 4.69) is 5.32 Å². The zero-order chi connectivity index (χ0) is 23.2. The van der Waals surface area contributed by atoms with Gasteiger partial charge in [-0.25, -0.2) is 0 Å². The zero-order valence-electron chi connectivity index (χ0n) is 18.5. The van der Waals surface area contributed by atoms with Crippen molar-refractivity contribution in [3.63, 3.8) is 0 Å². The lowest BCUT2D eigenvalue weighted by Crippen LogP contribution is -2.20. The summed E-state index contributed by atoms with van der Waals surface area (Å²) in [5.41, 5.74) is 0.390. The minimum atomic E-state index is -3.88. The largest absolute Gasteiger partial charge is 0.496 e. The van der Waals surface area contributed by atoms with Crippen molar-refractivity contribution >= 4 is 19.0 Å². The second kappa shape index (κ2) is 10.6. The third-order valence-electron chi connectivity index (χ3n) is 4.16. The zero-order valence-corrected chi connectivity index (χ0v) is 19.4. The fourth-order valence-corrected chi connectivity index (χ4v) is 5.33. The smallest absolute Gasteiger partial charge is 0.357 e. The lowest BCUT2D eigenvalue weighted by atomic mass is 10.2. The molecule has 0 heterocycles. The number of methoxy groups -OCH3 is 2. The highest BCUT2D eigenvalue weighted by Gasteiger charge is 2.41. The topological polar surface area (TPSA) is 109 Å². The van der Waals surface area contributed by atoms with Crippen LogP contribution in [0.25, 0.3) is 0 Å². The quantitative estimate of drug-likeness (QED) is 0.260. The van der Waals surface area contributed by atoms with Gasteiger partial charge in [-0.3, -0.25) is 14.7 Å². The van der Waals surface area contributed by atoms with Gasteiger partial charge in [-0.2, -0.15) is 0 Å². The summed E-state index contributed by atoms with van der Waals surface area (Å²) in [6.45, 7) is 6.97. The van der Waals surface area contributed by atoms with E-state index in [0.717, 1.165) is 0 Å². The Labute approximate surface area is 182 Å². The number of rotatable bonds is 11. The Morgan fingerprint density at radius 3 is 2.10 bits per heavy atom. The number of nitrogens with zero attached hydrogens (tertiary/aromatic N) is 1. The molecule has 170 valence electrons. The molecule has 1 N–H and O–H groups in total. The van der Waals surface area contributed by atoms with Gasteiger partial charge in [0.1, 0.15) is 17.2 Å². The number of nitro groups is 1. The van der Waals surface area contributed by atoms with E-state index in [1.54, 1.807) is 58.0 Å². The van der Waals surface area contributed by atoms with Crippen molar-refractivity contribution in [1.82, 2.24) is 0 Å². The lowest BCUT2D eigenvalue weighted by molar-refractivity contribution is -0.384. The molecule has 0 bridgehead atoms. The average molecular weight is 452 g/mol. The molecular formula is C21H29N2O7P. The van der Waals surface area contributed by atoms with Crippen LogP contribution in [0.3, 0.4) is 0 Å². The molecule has 0 amide bonds. The van der Waals surface area contributed by atoms with Crippen molar-refractivity contribution in [1.29, 1.82) is 0 Å². The molecule has 1 unspecified atom stereocenters. The van der Waals surface area contributed by atoms with Crippen LogP contribution in [-0.2, 0) is 13.6 Å². The molecule has 0 saturated carbocycles. The third-order valence-corrected chi connectivity index (χ3v) is 6.63. The second-order valence-electron chi connectivity index (χ2n) is 7.28. The third kappa shape index (κ3) is 6.19. The van der Waals surface area contributed by atoms with E-state index in [0.29, 0.717) is 17.1 Å². The number of ether oxygens (including phenoxy) is 2. The summed E-state index contributed by atoms with van der Waals surface area (Å²) < 4.78 is 36.2. The van der Waals surface area contributed by atoms with Crippen molar-refractivity contribution in [3.05, 3.63) is 58.1 Å². The summed E-state index contributed by atoms with van der Waals surface area (Å²) in [6, 6.07) is 11.3. The lowest BCUT2D eigenvalue weighted by Gasteiger charge is -2.31. The minimum Gasteiger partial charge on any atom is -0.496 e. The fraction of sp³-hybridized carbons (Fsp3) is 0.429. The number of para-hydroxylation sites is 1. The number of benzene rings is 2. The fourth-order valence-electron chi connectivity index (χ4n) is 3.01. The molecule has 10 heteroatoms. The number of nitrogens with one attached hydrogen (secondary N) is 1. The van der Waals surface area contributed by atoms with Crippen molar-refractivity contribution in [2.24, 2.45) is 0 Å². The Kier molecular flexibility index (Phi) is 8.44. The molecule has 0 aliphatic heterocycles. The van der Waals surface area contributed by atoms with Crippen LogP contribution in [0.15, 0.2) is 42.5 Å². The molecule has 0 fully saturated rings. The predicted octanol–water partition coefficient (Wildman–Crippen LogP) is 5.77. The second-order valence-corrected chi connectivity index (χ2v) is 9.29. The van der Waals surface area contributed by atoms with Crippen LogP contribution < -0.4 is 14.8 Å². The van der Waals surface area contributed by atoms with E-state index < -0.39 is 30.5 Å². The summed E-state index contributed by atoms with van der Waals surface area (Å²) >= 11 is 0. The van der Waals surface area contributed by atoms with Gasteiger partial charge in [-0.1, -0.05) is 18.2 Å². The van der Waals surface area contributed by atoms with Crippen molar-refractivity contribution in [2.45, 2.75) is 45.7 Å². The highest BCUT2D eigenvalue weighted by atomic mass is 31.2. The van der Waals surface area contributed by atoms with Gasteiger partial charge in [0.05, 0.1) is 37.4 Å². The van der Waals surface area contributed by atoms with Gasteiger partial charge < -0.3 is 23.8 Å². The van der Waals surface area contributed by atoms with Crippen LogP contribution in [0.5, 0.6) is 11.5 Å². The molecule has 1 atom stereocenters. The van der Waals surface area contributed by atoms with Crippen LogP contribution >= 0.6 is 7.60 Å². The van der Waals surface area contributed by atoms with E-state index in [-0.39, 0.29) is 11.4 Å². The number of hydrogen-bond acceptors (Lipinski definition) is 8. The van der Waals surface area contributed by atoms with Crippen LogP contribution in [0, 0.1) is 10.1 Å². The molecular weight excluding hydrogens is 423 g/mol. The molecule has 2 aromatic carbocycles. The molecule has 2 rings (SSSR count). The first kappa shape index (κ1) is 24.7. The Morgan fingerprint density at radius 2 is 1.58 bits per heavy atom. The highest BCUT2D eigenvalue weighted by molar-refractivity contribution is 7.54. The highest BCUT2D eigenvalue weighted by Crippen LogP contribution is 2.63. The first-order valence-corrected chi connectivity index (χ1v) is 11.4. The van der Waals surface area contributed by atoms with Crippen LogP contribution in [0.1, 0.15) is 39.0 Å². The van der Waals surface area contributed by atoms with Gasteiger partial charge in [0.2, 0.25) is 0 Å². The molecule has 0 spiro atoms. The Morgan fingerprint density at radius 1 is 0.968 bits per heavy atom. The van der Waals surface area contributed by atoms with E-state index in [9.17, 15) is 14.7 Å². The van der Waals surface area contributed by atoms with E-state index >= 15 is 0 Å². The van der Waals surface area contributed by atoms with Crippen LogP contribution in [0.2, 0.25) is 0 Å². The Hall–Kier alpha value is -2.61. The average Bonchev–Trinajstić information content (AvgIpc) is 2.70. The van der Waals surface area contributed by atoms with Gasteiger partial charge in [-0.05, 0) is 45.9 Å². The molecule has 31 heavy (non-hydrogen) atoms. The van der Waals surface area contributed by atoms with Gasteiger partial charge >= 0.3 is 7.60 Å². The summed E-state index contributed by atoms with van der Waals surface area (Å²) in [5.74, 6) is -0.303. The van der Waals surface area contributed by atoms with Gasteiger partial charge in [0.15, 0.2) is 5.78 Å². The summed E-state index contributed by atoms with van der Waals surface area (Å²) in [6.07, 6.45) is -0.844. The van der Waals surface area contributed by atoms with Crippen LogP contribution in [-0.4, -0.2) is 31.4 Å². The number of hydrogen-bond donors (Lipinski definition) is 1. The first-order valence-electron chi connectivity index (χ1n) is 9.79. The molecule has 0 radical (unpaired) electrons. The standard InChI is InChI=1S/C21H29N2O7P/c1-14(2)29-31(26,30-15(3)4)21(17-9-7-8-10-20(17)28-6)22-18-12-11-16(27-5)13-19(18)23(24)25/h7-15,21-22H,1-6H3. The van der Waals surface area contributed by atoms with E-state index in [1.165, 1.54) is 26.4 Å². The monoisotopic (exact) mass is 452 g/mol. The molecule has 0 aromatic heterocycles. The predicted molar refractivity (Wildman–Crippen MR) is 119 cm³/mol. The maximum atomic E-state index is 14.1. The summed E-state index contributed by atoms with van der Waals surface area (Å²) in [5, 5.41) is 14.7. The van der Waals surface area contributed by atoms with Gasteiger partial charge in [0, 0.05) is 5.56 Å². The molecule has 2 aromatic rings. The molecule has 9 nitrogen and oxygen atoms in total. The first-order chi connectivity index (χ1) is 14.6. The van der Waals surface area contributed by atoms with Crippen molar-refractivity contribution < 1.29 is 28.0 Å². The Balaban J connectivity index is 2.68. The normalized spacial score (nSPS) is 12.6. The van der Waals surface area contributed by atoms with Crippen LogP contribution in [0.4, 0.5) is 11.4 Å². The minimum absolute atomic E-state index is 0.140. The van der Waals surface area contributed by atoms with Gasteiger partial charge in [0.25, 0.3) is 5.69 Å². The summed E-state index contributed by atoms with van der Waals surface area (Å²) in [4.78, 5) is 11.1. The Bertz CT molecular complexity index is 935. The SMILES string of the molecule is COc1ccc(NC(c2ccccc2OC)P(=O)(OC(C)C)OC(C)C)c([N+](=O)[O-])c1. The number of anilines is 1. The van der Waals surface area contributed by atoms with Crippen molar-refractivity contribution in [2.75, 3.05) is 19.5 Å². The van der Waals surface area contributed by atoms with E-state index in [4.69, 9.17) is 18.5 Å². The molecule has 0 saturated heterocycles.